The Morgan fingerprint density at radius 1 is 1.14 bits per heavy atom. The molecule has 3 nitrogen and oxygen atoms in total. The zero-order valence-corrected chi connectivity index (χ0v) is 13.6. The van der Waals surface area contributed by atoms with Gasteiger partial charge in [0.05, 0.1) is 5.56 Å². The van der Waals surface area contributed by atoms with Crippen molar-refractivity contribution in [3.63, 3.8) is 0 Å². The largest absolute Gasteiger partial charge is 0.308 e. The SMILES string of the molecule is CC(C)CN(CCC(=O)c1ccccc1F)CCN(C)C. The van der Waals surface area contributed by atoms with Gasteiger partial charge in [-0.1, -0.05) is 26.0 Å². The molecule has 0 unspecified atom stereocenters. The normalized spacial score (nSPS) is 11.6. The first-order valence-electron chi connectivity index (χ1n) is 7.55. The molecule has 0 aliphatic heterocycles. The maximum absolute atomic E-state index is 13.6. The summed E-state index contributed by atoms with van der Waals surface area (Å²) in [6, 6.07) is 6.21. The number of Topliss-reactive ketones (excluding diaryl/α,β-unsaturated/α-hetero) is 1. The molecule has 0 saturated heterocycles. The lowest BCUT2D eigenvalue weighted by Gasteiger charge is -2.25. The van der Waals surface area contributed by atoms with Gasteiger partial charge in [-0.15, -0.1) is 0 Å². The highest BCUT2D eigenvalue weighted by Gasteiger charge is 2.14. The van der Waals surface area contributed by atoms with Gasteiger partial charge in [-0.05, 0) is 32.1 Å². The van der Waals surface area contributed by atoms with Crippen molar-refractivity contribution in [1.82, 2.24) is 9.80 Å². The van der Waals surface area contributed by atoms with Crippen molar-refractivity contribution in [3.8, 4) is 0 Å². The Bertz CT molecular complexity index is 446. The van der Waals surface area contributed by atoms with Crippen molar-refractivity contribution in [2.45, 2.75) is 20.3 Å². The van der Waals surface area contributed by atoms with Crippen LogP contribution in [-0.2, 0) is 0 Å². The van der Waals surface area contributed by atoms with Crippen LogP contribution in [0.1, 0.15) is 30.6 Å². The molecule has 0 saturated carbocycles. The molecule has 0 spiro atoms. The summed E-state index contributed by atoms with van der Waals surface area (Å²) < 4.78 is 13.6. The highest BCUT2D eigenvalue weighted by atomic mass is 19.1. The molecule has 21 heavy (non-hydrogen) atoms. The first-order valence-corrected chi connectivity index (χ1v) is 7.55. The molecule has 118 valence electrons. The lowest BCUT2D eigenvalue weighted by Crippen LogP contribution is -2.35. The minimum absolute atomic E-state index is 0.119. The summed E-state index contributed by atoms with van der Waals surface area (Å²) in [4.78, 5) is 16.5. The van der Waals surface area contributed by atoms with Gasteiger partial charge in [-0.25, -0.2) is 4.39 Å². The number of benzene rings is 1. The van der Waals surface area contributed by atoms with Crippen LogP contribution in [0.25, 0.3) is 0 Å². The molecule has 0 aliphatic carbocycles. The Balaban J connectivity index is 2.55. The van der Waals surface area contributed by atoms with Crippen LogP contribution in [-0.4, -0.2) is 55.9 Å². The number of halogens is 1. The molecule has 0 aromatic heterocycles. The van der Waals surface area contributed by atoms with Crippen molar-refractivity contribution >= 4 is 5.78 Å². The van der Waals surface area contributed by atoms with Crippen LogP contribution in [0.4, 0.5) is 4.39 Å². The van der Waals surface area contributed by atoms with Crippen LogP contribution in [0, 0.1) is 11.7 Å². The molecule has 0 radical (unpaired) electrons. The Labute approximate surface area is 127 Å². The smallest absolute Gasteiger partial charge is 0.167 e. The predicted octanol–water partition coefficient (Wildman–Crippen LogP) is 2.92. The second kappa shape index (κ2) is 8.90. The standard InChI is InChI=1S/C17H27FN2O/c1-14(2)13-20(12-11-19(3)4)10-9-17(21)15-7-5-6-8-16(15)18/h5-8,14H,9-13H2,1-4H3. The van der Waals surface area contributed by atoms with Crippen LogP contribution >= 0.6 is 0 Å². The van der Waals surface area contributed by atoms with E-state index in [1.807, 2.05) is 14.1 Å². The molecule has 0 N–H and O–H groups in total. The average Bonchev–Trinajstić information content (AvgIpc) is 2.41. The average molecular weight is 294 g/mol. The van der Waals surface area contributed by atoms with E-state index >= 15 is 0 Å². The van der Waals surface area contributed by atoms with Crippen molar-refractivity contribution in [2.24, 2.45) is 5.92 Å². The Hall–Kier alpha value is -1.26. The van der Waals surface area contributed by atoms with Gasteiger partial charge in [-0.3, -0.25) is 4.79 Å². The summed E-state index contributed by atoms with van der Waals surface area (Å²) in [6.45, 7) is 7.86. The van der Waals surface area contributed by atoms with Gasteiger partial charge in [-0.2, -0.15) is 0 Å². The molecule has 4 heteroatoms. The van der Waals surface area contributed by atoms with E-state index in [9.17, 15) is 9.18 Å². The summed E-state index contributed by atoms with van der Waals surface area (Å²) in [5.74, 6) is 0.00800. The molecule has 0 amide bonds. The Morgan fingerprint density at radius 3 is 2.38 bits per heavy atom. The van der Waals surface area contributed by atoms with Gasteiger partial charge >= 0.3 is 0 Å². The minimum atomic E-state index is -0.425. The molecular formula is C17H27FN2O. The van der Waals surface area contributed by atoms with Crippen LogP contribution in [0.15, 0.2) is 24.3 Å². The number of hydrogen-bond donors (Lipinski definition) is 0. The fourth-order valence-electron chi connectivity index (χ4n) is 2.23. The molecule has 0 aliphatic rings. The van der Waals surface area contributed by atoms with Crippen molar-refractivity contribution in [2.75, 3.05) is 40.3 Å². The second-order valence-electron chi connectivity index (χ2n) is 6.15. The van der Waals surface area contributed by atoms with E-state index in [0.717, 1.165) is 19.6 Å². The van der Waals surface area contributed by atoms with E-state index in [-0.39, 0.29) is 11.3 Å². The van der Waals surface area contributed by atoms with Crippen LogP contribution in [0.3, 0.4) is 0 Å². The van der Waals surface area contributed by atoms with E-state index in [2.05, 4.69) is 23.6 Å². The zero-order chi connectivity index (χ0) is 15.8. The van der Waals surface area contributed by atoms with Gasteiger partial charge in [0.2, 0.25) is 0 Å². The third-order valence-corrected chi connectivity index (χ3v) is 3.32. The monoisotopic (exact) mass is 294 g/mol. The van der Waals surface area contributed by atoms with Gasteiger partial charge in [0.15, 0.2) is 5.78 Å². The summed E-state index contributed by atoms with van der Waals surface area (Å²) in [5, 5.41) is 0. The molecule has 0 heterocycles. The first-order chi connectivity index (χ1) is 9.90. The van der Waals surface area contributed by atoms with E-state index in [1.165, 1.54) is 6.07 Å². The first kappa shape index (κ1) is 17.8. The van der Waals surface area contributed by atoms with Crippen LogP contribution in [0.5, 0.6) is 0 Å². The molecular weight excluding hydrogens is 267 g/mol. The Kier molecular flexibility index (Phi) is 7.54. The Morgan fingerprint density at radius 2 is 1.81 bits per heavy atom. The van der Waals surface area contributed by atoms with E-state index < -0.39 is 5.82 Å². The number of rotatable bonds is 9. The lowest BCUT2D eigenvalue weighted by atomic mass is 10.1. The molecule has 1 aromatic rings. The zero-order valence-electron chi connectivity index (χ0n) is 13.6. The summed E-state index contributed by atoms with van der Waals surface area (Å²) in [6.07, 6.45) is 0.362. The number of likely N-dealkylation sites (N-methyl/N-ethyl adjacent to an activating group) is 1. The number of carbonyl (C=O) groups excluding carboxylic acids is 1. The van der Waals surface area contributed by atoms with Crippen molar-refractivity contribution in [1.29, 1.82) is 0 Å². The van der Waals surface area contributed by atoms with Gasteiger partial charge in [0, 0.05) is 32.6 Å². The maximum Gasteiger partial charge on any atom is 0.167 e. The fourth-order valence-corrected chi connectivity index (χ4v) is 2.23. The molecule has 0 fully saturated rings. The van der Waals surface area contributed by atoms with Gasteiger partial charge in [0.25, 0.3) is 0 Å². The summed E-state index contributed by atoms with van der Waals surface area (Å²) >= 11 is 0. The predicted molar refractivity (Wildman–Crippen MR) is 85.2 cm³/mol. The number of ketones is 1. The minimum Gasteiger partial charge on any atom is -0.308 e. The molecule has 0 bridgehead atoms. The third-order valence-electron chi connectivity index (χ3n) is 3.32. The molecule has 0 atom stereocenters. The molecule has 1 rings (SSSR count). The number of carbonyl (C=O) groups is 1. The van der Waals surface area contributed by atoms with Crippen LogP contribution < -0.4 is 0 Å². The summed E-state index contributed by atoms with van der Waals surface area (Å²) in [7, 11) is 4.08. The molecule has 1 aromatic carbocycles. The maximum atomic E-state index is 13.6. The van der Waals surface area contributed by atoms with Gasteiger partial charge < -0.3 is 9.80 Å². The summed E-state index contributed by atoms with van der Waals surface area (Å²) in [5.41, 5.74) is 0.203. The van der Waals surface area contributed by atoms with Crippen LogP contribution in [0.2, 0.25) is 0 Å². The second-order valence-corrected chi connectivity index (χ2v) is 6.15. The highest BCUT2D eigenvalue weighted by Crippen LogP contribution is 2.10. The highest BCUT2D eigenvalue weighted by molar-refractivity contribution is 5.96. The fraction of sp³-hybridized carbons (Fsp3) is 0.588. The van der Waals surface area contributed by atoms with Crippen molar-refractivity contribution in [3.05, 3.63) is 35.6 Å². The van der Waals surface area contributed by atoms with E-state index in [1.54, 1.807) is 18.2 Å². The van der Waals surface area contributed by atoms with E-state index in [4.69, 9.17) is 0 Å². The van der Waals surface area contributed by atoms with Gasteiger partial charge in [0.1, 0.15) is 5.82 Å². The number of hydrogen-bond acceptors (Lipinski definition) is 3. The van der Waals surface area contributed by atoms with E-state index in [0.29, 0.717) is 18.9 Å². The lowest BCUT2D eigenvalue weighted by molar-refractivity contribution is 0.0954. The third kappa shape index (κ3) is 6.82. The van der Waals surface area contributed by atoms with Crippen molar-refractivity contribution < 1.29 is 9.18 Å². The topological polar surface area (TPSA) is 23.6 Å². The quantitative estimate of drug-likeness (QED) is 0.654. The number of nitrogens with zero attached hydrogens (tertiary/aromatic N) is 2.